The fourth-order valence-corrected chi connectivity index (χ4v) is 1.58. The number of carbonyl (C=O) groups is 2. The summed E-state index contributed by atoms with van der Waals surface area (Å²) in [6.07, 6.45) is -5.87. The molecule has 1 aromatic carbocycles. The third-order valence-electron chi connectivity index (χ3n) is 2.76. The number of alkyl halides is 5. The fraction of sp³-hybridized carbons (Fsp3) is 0.333. The normalized spacial score (nSPS) is 13.6. The second-order valence-corrected chi connectivity index (χ2v) is 4.37. The van der Waals surface area contributed by atoms with Crippen LogP contribution in [0.2, 0.25) is 0 Å². The minimum Gasteiger partial charge on any atom is -0.361 e. The van der Waals surface area contributed by atoms with Gasteiger partial charge in [-0.05, 0) is 13.0 Å². The lowest BCUT2D eigenvalue weighted by atomic mass is 10.0. The van der Waals surface area contributed by atoms with Crippen molar-refractivity contribution in [1.82, 2.24) is 5.32 Å². The molecule has 0 aliphatic carbocycles. The van der Waals surface area contributed by atoms with Gasteiger partial charge >= 0.3 is 23.9 Å². The van der Waals surface area contributed by atoms with Crippen LogP contribution in [0.3, 0.4) is 0 Å². The summed E-state index contributed by atoms with van der Waals surface area (Å²) in [5.74, 6) is -9.21. The second kappa shape index (κ2) is 5.85. The van der Waals surface area contributed by atoms with Gasteiger partial charge in [0.1, 0.15) is 5.82 Å². The molecule has 0 saturated heterocycles. The van der Waals surface area contributed by atoms with Crippen molar-refractivity contribution in [3.63, 3.8) is 0 Å². The molecule has 0 heterocycles. The van der Waals surface area contributed by atoms with Crippen LogP contribution < -0.4 is 11.1 Å². The first-order chi connectivity index (χ1) is 9.87. The van der Waals surface area contributed by atoms with Crippen molar-refractivity contribution >= 4 is 11.8 Å². The number of benzene rings is 1. The van der Waals surface area contributed by atoms with E-state index in [0.717, 1.165) is 0 Å². The summed E-state index contributed by atoms with van der Waals surface area (Å²) in [5.41, 5.74) is 2.71. The number of carbonyl (C=O) groups excluding carboxylic acids is 2. The third-order valence-corrected chi connectivity index (χ3v) is 2.76. The quantitative estimate of drug-likeness (QED) is 0.659. The Balaban J connectivity index is 3.10. The van der Waals surface area contributed by atoms with Crippen LogP contribution in [0.25, 0.3) is 0 Å². The number of amides is 2. The van der Waals surface area contributed by atoms with Gasteiger partial charge in [-0.3, -0.25) is 9.59 Å². The molecule has 1 atom stereocenters. The lowest BCUT2D eigenvalue weighted by molar-refractivity contribution is -0.289. The number of rotatable bonds is 3. The maximum absolute atomic E-state index is 13.7. The molecule has 0 unspecified atom stereocenters. The molecule has 2 amide bonds. The molecule has 1 aromatic rings. The van der Waals surface area contributed by atoms with Gasteiger partial charge in [-0.25, -0.2) is 4.39 Å². The first-order valence-electron chi connectivity index (χ1n) is 5.72. The molecule has 10 heteroatoms. The van der Waals surface area contributed by atoms with Crippen LogP contribution in [0.1, 0.15) is 24.1 Å². The smallest absolute Gasteiger partial charge is 0.361 e. The summed E-state index contributed by atoms with van der Waals surface area (Å²) in [6.45, 7) is 1.20. The van der Waals surface area contributed by atoms with Crippen molar-refractivity contribution in [2.75, 3.05) is 0 Å². The van der Waals surface area contributed by atoms with E-state index in [1.165, 1.54) is 6.92 Å². The average Bonchev–Trinajstić information content (AvgIpc) is 2.36. The highest BCUT2D eigenvalue weighted by molar-refractivity contribution is 6.34. The topological polar surface area (TPSA) is 72.2 Å². The highest BCUT2D eigenvalue weighted by Gasteiger charge is 2.58. The van der Waals surface area contributed by atoms with E-state index in [4.69, 9.17) is 0 Å². The van der Waals surface area contributed by atoms with Crippen LogP contribution in [0.15, 0.2) is 18.2 Å². The van der Waals surface area contributed by atoms with Gasteiger partial charge in [-0.1, -0.05) is 12.1 Å². The van der Waals surface area contributed by atoms with Gasteiger partial charge in [0.15, 0.2) is 0 Å². The molecule has 4 nitrogen and oxygen atoms in total. The van der Waals surface area contributed by atoms with Crippen molar-refractivity contribution < 1.29 is 35.9 Å². The summed E-state index contributed by atoms with van der Waals surface area (Å²) < 4.78 is 76.4. The van der Waals surface area contributed by atoms with E-state index in [9.17, 15) is 35.9 Å². The van der Waals surface area contributed by atoms with Gasteiger partial charge in [0.2, 0.25) is 0 Å². The fourth-order valence-electron chi connectivity index (χ4n) is 1.58. The van der Waals surface area contributed by atoms with Crippen molar-refractivity contribution in [1.29, 1.82) is 0 Å². The molecule has 0 spiro atoms. The Labute approximate surface area is 120 Å². The molecule has 22 heavy (non-hydrogen) atoms. The summed E-state index contributed by atoms with van der Waals surface area (Å²) in [7, 11) is 0. The summed E-state index contributed by atoms with van der Waals surface area (Å²) >= 11 is 0. The monoisotopic (exact) mass is 328 g/mol. The number of hydrogen-bond acceptors (Lipinski definition) is 2. The molecule has 0 bridgehead atoms. The van der Waals surface area contributed by atoms with E-state index >= 15 is 0 Å². The van der Waals surface area contributed by atoms with Crippen molar-refractivity contribution in [3.8, 4) is 0 Å². The van der Waals surface area contributed by atoms with E-state index in [1.807, 2.05) is 5.32 Å². The standard InChI is InChI=1S/C12H10F6N2O2/c1-5(20-10(22)9(19)21)7-3-2-6(4-8(7)13)11(14,15)12(16,17)18/h2-5H,1H3,(H2,19,21)(H,20,22)/t5-/m1/s1. The zero-order chi connectivity index (χ0) is 17.3. The molecule has 1 rings (SSSR count). The molecular weight excluding hydrogens is 318 g/mol. The largest absolute Gasteiger partial charge is 0.458 e. The van der Waals surface area contributed by atoms with E-state index in [2.05, 4.69) is 5.73 Å². The van der Waals surface area contributed by atoms with E-state index in [-0.39, 0.29) is 11.6 Å². The van der Waals surface area contributed by atoms with Crippen LogP contribution in [0, 0.1) is 5.82 Å². The number of nitrogens with two attached hydrogens (primary N) is 1. The molecule has 3 N–H and O–H groups in total. The third kappa shape index (κ3) is 3.49. The number of halogens is 6. The maximum atomic E-state index is 13.7. The molecule has 122 valence electrons. The minimum atomic E-state index is -5.87. The Morgan fingerprint density at radius 1 is 1.18 bits per heavy atom. The van der Waals surface area contributed by atoms with E-state index in [1.54, 1.807) is 0 Å². The molecule has 0 saturated carbocycles. The van der Waals surface area contributed by atoms with E-state index < -0.39 is 41.3 Å². The lowest BCUT2D eigenvalue weighted by Crippen LogP contribution is -2.38. The van der Waals surface area contributed by atoms with Crippen LogP contribution in [-0.2, 0) is 15.5 Å². The van der Waals surface area contributed by atoms with Crippen molar-refractivity contribution in [3.05, 3.63) is 35.1 Å². The Bertz CT molecular complexity index is 600. The zero-order valence-electron chi connectivity index (χ0n) is 11.0. The maximum Gasteiger partial charge on any atom is 0.458 e. The Morgan fingerprint density at radius 2 is 1.73 bits per heavy atom. The molecule has 0 fully saturated rings. The van der Waals surface area contributed by atoms with Crippen LogP contribution in [-0.4, -0.2) is 18.0 Å². The van der Waals surface area contributed by atoms with Gasteiger partial charge < -0.3 is 11.1 Å². The van der Waals surface area contributed by atoms with Crippen LogP contribution in [0.4, 0.5) is 26.3 Å². The zero-order valence-corrected chi connectivity index (χ0v) is 11.0. The van der Waals surface area contributed by atoms with Gasteiger partial charge in [-0.15, -0.1) is 0 Å². The lowest BCUT2D eigenvalue weighted by Gasteiger charge is -2.21. The van der Waals surface area contributed by atoms with Gasteiger partial charge in [0.25, 0.3) is 0 Å². The highest BCUT2D eigenvalue weighted by Crippen LogP contribution is 2.44. The first kappa shape index (κ1) is 17.8. The molecular formula is C12H10F6N2O2. The molecule has 0 radical (unpaired) electrons. The predicted octanol–water partition coefficient (Wildman–Crippen LogP) is 2.14. The Kier molecular flexibility index (Phi) is 4.73. The Morgan fingerprint density at radius 3 is 2.14 bits per heavy atom. The molecule has 0 aliphatic rings. The summed E-state index contributed by atoms with van der Waals surface area (Å²) in [6, 6.07) is -0.0845. The van der Waals surface area contributed by atoms with Crippen LogP contribution in [0.5, 0.6) is 0 Å². The SMILES string of the molecule is C[C@@H](NC(=O)C(N)=O)c1ccc(C(F)(F)C(F)(F)F)cc1F. The van der Waals surface area contributed by atoms with Crippen molar-refractivity contribution in [2.24, 2.45) is 5.73 Å². The van der Waals surface area contributed by atoms with E-state index in [0.29, 0.717) is 12.1 Å². The molecule has 0 aromatic heterocycles. The van der Waals surface area contributed by atoms with Gasteiger partial charge in [0, 0.05) is 11.1 Å². The Hall–Kier alpha value is -2.26. The van der Waals surface area contributed by atoms with Gasteiger partial charge in [-0.2, -0.15) is 22.0 Å². The predicted molar refractivity (Wildman–Crippen MR) is 62.1 cm³/mol. The summed E-state index contributed by atoms with van der Waals surface area (Å²) in [4.78, 5) is 21.6. The van der Waals surface area contributed by atoms with Crippen LogP contribution >= 0.6 is 0 Å². The second-order valence-electron chi connectivity index (χ2n) is 4.37. The molecule has 0 aliphatic heterocycles. The number of primary amides is 1. The average molecular weight is 328 g/mol. The van der Waals surface area contributed by atoms with Gasteiger partial charge in [0.05, 0.1) is 6.04 Å². The first-order valence-corrected chi connectivity index (χ1v) is 5.72. The minimum absolute atomic E-state index is 0.0236. The summed E-state index contributed by atoms with van der Waals surface area (Å²) in [5, 5.41) is 1.96. The number of nitrogens with one attached hydrogen (secondary N) is 1. The highest BCUT2D eigenvalue weighted by atomic mass is 19.4. The van der Waals surface area contributed by atoms with Crippen molar-refractivity contribution in [2.45, 2.75) is 25.1 Å². The number of hydrogen-bond donors (Lipinski definition) is 2.